The summed E-state index contributed by atoms with van der Waals surface area (Å²) in [5.41, 5.74) is 1.88. The third-order valence-electron chi connectivity index (χ3n) is 3.68. The SMILES string of the molecule is CCOC(=O)c1csc(=NN=C2CC(=O)c3ccccc32)n1C(=O)CCl. The maximum Gasteiger partial charge on any atom is 0.356 e. The highest BCUT2D eigenvalue weighted by Gasteiger charge is 2.25. The number of esters is 1. The average molecular weight is 392 g/mol. The lowest BCUT2D eigenvalue weighted by Gasteiger charge is -2.04. The molecule has 0 amide bonds. The summed E-state index contributed by atoms with van der Waals surface area (Å²) < 4.78 is 6.03. The van der Waals surface area contributed by atoms with Crippen molar-refractivity contribution in [2.75, 3.05) is 12.5 Å². The second-order valence-electron chi connectivity index (χ2n) is 5.28. The van der Waals surface area contributed by atoms with Gasteiger partial charge < -0.3 is 4.74 Å². The first-order valence-electron chi connectivity index (χ1n) is 7.76. The Balaban J connectivity index is 2.06. The van der Waals surface area contributed by atoms with Crippen LogP contribution in [-0.2, 0) is 4.74 Å². The summed E-state index contributed by atoms with van der Waals surface area (Å²) in [5, 5.41) is 9.70. The van der Waals surface area contributed by atoms with Gasteiger partial charge in [0, 0.05) is 16.5 Å². The van der Waals surface area contributed by atoms with Crippen LogP contribution in [0.1, 0.15) is 44.5 Å². The number of carbonyl (C=O) groups is 3. The minimum absolute atomic E-state index is 0.0300. The van der Waals surface area contributed by atoms with Crippen LogP contribution in [0, 0.1) is 0 Å². The molecule has 0 bridgehead atoms. The summed E-state index contributed by atoms with van der Waals surface area (Å²) >= 11 is 6.71. The molecule has 0 radical (unpaired) electrons. The molecule has 0 atom stereocenters. The van der Waals surface area contributed by atoms with Crippen LogP contribution in [0.4, 0.5) is 0 Å². The van der Waals surface area contributed by atoms with E-state index in [1.54, 1.807) is 25.1 Å². The molecule has 1 heterocycles. The molecule has 26 heavy (non-hydrogen) atoms. The molecule has 0 unspecified atom stereocenters. The van der Waals surface area contributed by atoms with Gasteiger partial charge in [-0.2, -0.15) is 5.10 Å². The van der Waals surface area contributed by atoms with E-state index in [0.29, 0.717) is 11.3 Å². The molecular formula is C17H14ClN3O4S. The molecule has 7 nitrogen and oxygen atoms in total. The molecule has 0 fully saturated rings. The molecule has 3 rings (SSSR count). The maximum atomic E-state index is 12.1. The summed E-state index contributed by atoms with van der Waals surface area (Å²) in [5.74, 6) is -1.51. The first-order chi connectivity index (χ1) is 12.6. The number of hydrogen-bond donors (Lipinski definition) is 0. The largest absolute Gasteiger partial charge is 0.461 e. The first-order valence-corrected chi connectivity index (χ1v) is 9.18. The Bertz CT molecular complexity index is 990. The number of alkyl halides is 1. The van der Waals surface area contributed by atoms with E-state index in [2.05, 4.69) is 10.2 Å². The van der Waals surface area contributed by atoms with Crippen molar-refractivity contribution in [1.29, 1.82) is 0 Å². The van der Waals surface area contributed by atoms with Gasteiger partial charge in [0.15, 0.2) is 5.78 Å². The van der Waals surface area contributed by atoms with E-state index in [1.165, 1.54) is 5.38 Å². The van der Waals surface area contributed by atoms with E-state index in [1.807, 2.05) is 6.07 Å². The molecule has 9 heteroatoms. The van der Waals surface area contributed by atoms with Gasteiger partial charge in [-0.1, -0.05) is 24.3 Å². The third-order valence-corrected chi connectivity index (χ3v) is 4.72. The van der Waals surface area contributed by atoms with Crippen LogP contribution in [-0.4, -0.2) is 40.4 Å². The Hall–Kier alpha value is -2.58. The Kier molecular flexibility index (Phi) is 5.43. The summed E-state index contributed by atoms with van der Waals surface area (Å²) in [7, 11) is 0. The minimum atomic E-state index is -0.641. The van der Waals surface area contributed by atoms with Crippen molar-refractivity contribution in [2.24, 2.45) is 10.2 Å². The monoisotopic (exact) mass is 391 g/mol. The molecule has 1 aromatic carbocycles. The Morgan fingerprint density at radius 3 is 2.69 bits per heavy atom. The summed E-state index contributed by atoms with van der Waals surface area (Å²) in [6, 6.07) is 7.13. The zero-order valence-corrected chi connectivity index (χ0v) is 15.3. The van der Waals surface area contributed by atoms with Crippen molar-refractivity contribution >= 4 is 46.3 Å². The topological polar surface area (TPSA) is 90.1 Å². The third kappa shape index (κ3) is 3.38. The number of halogens is 1. The average Bonchev–Trinajstić information content (AvgIpc) is 3.21. The smallest absolute Gasteiger partial charge is 0.356 e. The van der Waals surface area contributed by atoms with Gasteiger partial charge >= 0.3 is 5.97 Å². The maximum absolute atomic E-state index is 12.1. The van der Waals surface area contributed by atoms with Crippen LogP contribution < -0.4 is 4.80 Å². The fourth-order valence-electron chi connectivity index (χ4n) is 2.54. The Morgan fingerprint density at radius 2 is 2.00 bits per heavy atom. The lowest BCUT2D eigenvalue weighted by atomic mass is 10.1. The number of hydrogen-bond acceptors (Lipinski definition) is 7. The molecule has 0 spiro atoms. The van der Waals surface area contributed by atoms with Crippen molar-refractivity contribution in [3.63, 3.8) is 0 Å². The lowest BCUT2D eigenvalue weighted by molar-refractivity contribution is 0.0508. The van der Waals surface area contributed by atoms with Gasteiger partial charge in [0.05, 0.1) is 18.7 Å². The van der Waals surface area contributed by atoms with E-state index in [4.69, 9.17) is 16.3 Å². The summed E-state index contributed by atoms with van der Waals surface area (Å²) in [6.07, 6.45) is 0.141. The Labute approximate surface area is 157 Å². The number of thiazole rings is 1. The predicted molar refractivity (Wildman–Crippen MR) is 97.1 cm³/mol. The van der Waals surface area contributed by atoms with Crippen LogP contribution in [0.15, 0.2) is 39.8 Å². The van der Waals surface area contributed by atoms with Crippen molar-refractivity contribution < 1.29 is 19.1 Å². The van der Waals surface area contributed by atoms with Gasteiger partial charge in [0.1, 0.15) is 11.6 Å². The number of carbonyl (C=O) groups excluding carboxylic acids is 3. The molecule has 0 aliphatic heterocycles. The lowest BCUT2D eigenvalue weighted by Crippen LogP contribution is -2.28. The van der Waals surface area contributed by atoms with Crippen LogP contribution >= 0.6 is 22.9 Å². The number of Topliss-reactive ketones (excluding diaryl/α,β-unsaturated/α-hetero) is 1. The van der Waals surface area contributed by atoms with Crippen LogP contribution in [0.2, 0.25) is 0 Å². The van der Waals surface area contributed by atoms with Crippen LogP contribution in [0.25, 0.3) is 0 Å². The molecule has 2 aromatic rings. The van der Waals surface area contributed by atoms with Crippen molar-refractivity contribution in [3.05, 3.63) is 51.3 Å². The second kappa shape index (κ2) is 7.76. The normalized spacial score (nSPS) is 15.4. The van der Waals surface area contributed by atoms with E-state index in [0.717, 1.165) is 21.5 Å². The molecule has 0 saturated carbocycles. The quantitative estimate of drug-likeness (QED) is 0.455. The minimum Gasteiger partial charge on any atom is -0.461 e. The standard InChI is InChI=1S/C17H14ClN3O4S/c1-2-25-16(24)13-9-26-17(21(13)15(23)8-18)20-19-12-7-14(22)11-6-4-3-5-10(11)12/h3-6,9H,2,7-8H2,1H3. The summed E-state index contributed by atoms with van der Waals surface area (Å²) in [4.78, 5) is 36.4. The first kappa shape index (κ1) is 18.2. The fourth-order valence-corrected chi connectivity index (χ4v) is 3.48. The predicted octanol–water partition coefficient (Wildman–Crippen LogP) is 2.50. The number of ketones is 1. The molecule has 134 valence electrons. The van der Waals surface area contributed by atoms with Gasteiger partial charge in [-0.05, 0) is 6.92 Å². The second-order valence-corrected chi connectivity index (χ2v) is 6.38. The van der Waals surface area contributed by atoms with Gasteiger partial charge in [-0.25, -0.2) is 9.36 Å². The van der Waals surface area contributed by atoms with Crippen molar-refractivity contribution in [2.45, 2.75) is 13.3 Å². The fraction of sp³-hybridized carbons (Fsp3) is 0.235. The van der Waals surface area contributed by atoms with E-state index in [-0.39, 0.29) is 35.2 Å². The zero-order chi connectivity index (χ0) is 18.7. The highest BCUT2D eigenvalue weighted by atomic mass is 35.5. The molecule has 1 aromatic heterocycles. The number of benzene rings is 1. The summed E-state index contributed by atoms with van der Waals surface area (Å²) in [6.45, 7) is 1.85. The van der Waals surface area contributed by atoms with E-state index >= 15 is 0 Å². The van der Waals surface area contributed by atoms with Crippen molar-refractivity contribution in [1.82, 2.24) is 4.57 Å². The van der Waals surface area contributed by atoms with Gasteiger partial charge in [-0.3, -0.25) is 9.59 Å². The highest BCUT2D eigenvalue weighted by Crippen LogP contribution is 2.22. The molecule has 1 aliphatic rings. The van der Waals surface area contributed by atoms with Gasteiger partial charge in [-0.15, -0.1) is 28.0 Å². The van der Waals surface area contributed by atoms with E-state index in [9.17, 15) is 14.4 Å². The number of rotatable bonds is 4. The van der Waals surface area contributed by atoms with Crippen molar-refractivity contribution in [3.8, 4) is 0 Å². The van der Waals surface area contributed by atoms with Crippen LogP contribution in [0.5, 0.6) is 0 Å². The number of nitrogens with zero attached hydrogens (tertiary/aromatic N) is 3. The Morgan fingerprint density at radius 1 is 1.27 bits per heavy atom. The van der Waals surface area contributed by atoms with Gasteiger partial charge in [0.25, 0.3) is 0 Å². The van der Waals surface area contributed by atoms with Gasteiger partial charge in [0.2, 0.25) is 10.7 Å². The molecule has 0 saturated heterocycles. The molecule has 1 aliphatic carbocycles. The molecular weight excluding hydrogens is 378 g/mol. The molecule has 0 N–H and O–H groups in total. The number of fused-ring (bicyclic) bond motifs is 1. The van der Waals surface area contributed by atoms with Crippen LogP contribution in [0.3, 0.4) is 0 Å². The van der Waals surface area contributed by atoms with E-state index < -0.39 is 11.9 Å². The number of aromatic nitrogens is 1. The zero-order valence-electron chi connectivity index (χ0n) is 13.8. The highest BCUT2D eigenvalue weighted by molar-refractivity contribution is 7.07. The number of ether oxygens (including phenoxy) is 1.